The Morgan fingerprint density at radius 2 is 2.00 bits per heavy atom. The Morgan fingerprint density at radius 1 is 1.25 bits per heavy atom. The van der Waals surface area contributed by atoms with Crippen molar-refractivity contribution < 1.29 is 4.79 Å². The minimum absolute atomic E-state index is 0.235. The van der Waals surface area contributed by atoms with E-state index >= 15 is 0 Å². The van der Waals surface area contributed by atoms with E-state index in [1.165, 1.54) is 0 Å². The zero-order chi connectivity index (χ0) is 14.4. The molecule has 1 aromatic rings. The van der Waals surface area contributed by atoms with E-state index in [0.717, 1.165) is 38.3 Å². The summed E-state index contributed by atoms with van der Waals surface area (Å²) >= 11 is 1.58. The van der Waals surface area contributed by atoms with E-state index in [4.69, 9.17) is 5.26 Å². The third-order valence-electron chi connectivity index (χ3n) is 3.48. The lowest BCUT2D eigenvalue weighted by atomic mass is 10.2. The van der Waals surface area contributed by atoms with E-state index in [0.29, 0.717) is 11.3 Å². The van der Waals surface area contributed by atoms with E-state index in [1.807, 2.05) is 35.4 Å². The lowest BCUT2D eigenvalue weighted by Gasteiger charge is -2.23. The molecule has 0 radical (unpaired) electrons. The summed E-state index contributed by atoms with van der Waals surface area (Å²) in [4.78, 5) is 16.2. The van der Waals surface area contributed by atoms with E-state index in [2.05, 4.69) is 11.0 Å². The number of nitrogens with zero attached hydrogens (tertiary/aromatic N) is 3. The normalized spacial score (nSPS) is 15.6. The number of hydrogen-bond donors (Lipinski definition) is 0. The molecule has 0 N–H and O–H groups in total. The van der Waals surface area contributed by atoms with Crippen LogP contribution in [0, 0.1) is 11.3 Å². The number of anilines is 1. The van der Waals surface area contributed by atoms with Gasteiger partial charge in [-0.2, -0.15) is 17.0 Å². The molecule has 1 heterocycles. The number of carbonyl (C=O) groups is 1. The second-order valence-corrected chi connectivity index (χ2v) is 5.68. The second kappa shape index (κ2) is 7.20. The Bertz CT molecular complexity index is 495. The quantitative estimate of drug-likeness (QED) is 0.853. The number of thioether (sulfide) groups is 1. The van der Waals surface area contributed by atoms with Crippen molar-refractivity contribution in [3.05, 3.63) is 29.8 Å². The summed E-state index contributed by atoms with van der Waals surface area (Å²) in [5.41, 5.74) is 1.81. The molecule has 0 aliphatic carbocycles. The molecule has 4 nitrogen and oxygen atoms in total. The zero-order valence-electron chi connectivity index (χ0n) is 11.7. The fraction of sp³-hybridized carbons (Fsp3) is 0.467. The van der Waals surface area contributed by atoms with Gasteiger partial charge in [-0.25, -0.2) is 0 Å². The Kier molecular flexibility index (Phi) is 5.31. The molecule has 0 bridgehead atoms. The SMILES string of the molecule is CSCC(=O)N1CCCN(c2ccc(C#N)cc2)CC1. The smallest absolute Gasteiger partial charge is 0.232 e. The first-order chi connectivity index (χ1) is 9.74. The minimum Gasteiger partial charge on any atom is -0.370 e. The van der Waals surface area contributed by atoms with Gasteiger partial charge < -0.3 is 9.80 Å². The number of rotatable bonds is 3. The molecular weight excluding hydrogens is 270 g/mol. The molecule has 1 aliphatic heterocycles. The molecule has 1 aromatic carbocycles. The highest BCUT2D eigenvalue weighted by Gasteiger charge is 2.18. The van der Waals surface area contributed by atoms with Gasteiger partial charge in [0.1, 0.15) is 0 Å². The fourth-order valence-electron chi connectivity index (χ4n) is 2.39. The molecule has 0 atom stereocenters. The van der Waals surface area contributed by atoms with Crippen LogP contribution in [0.25, 0.3) is 0 Å². The Hall–Kier alpha value is -1.67. The first kappa shape index (κ1) is 14.7. The van der Waals surface area contributed by atoms with Crippen LogP contribution in [0.2, 0.25) is 0 Å². The average Bonchev–Trinajstić information content (AvgIpc) is 2.73. The molecule has 1 fully saturated rings. The lowest BCUT2D eigenvalue weighted by Crippen LogP contribution is -2.36. The van der Waals surface area contributed by atoms with Crippen molar-refractivity contribution in [3.8, 4) is 6.07 Å². The van der Waals surface area contributed by atoms with Crippen LogP contribution in [0.15, 0.2) is 24.3 Å². The molecule has 5 heteroatoms. The number of benzene rings is 1. The Morgan fingerprint density at radius 3 is 2.65 bits per heavy atom. The average molecular weight is 289 g/mol. The van der Waals surface area contributed by atoms with Crippen molar-refractivity contribution in [1.29, 1.82) is 5.26 Å². The van der Waals surface area contributed by atoms with E-state index in [9.17, 15) is 4.79 Å². The molecule has 0 aromatic heterocycles. The summed E-state index contributed by atoms with van der Waals surface area (Å²) in [6.45, 7) is 3.42. The largest absolute Gasteiger partial charge is 0.370 e. The second-order valence-electron chi connectivity index (χ2n) is 4.81. The van der Waals surface area contributed by atoms with Crippen molar-refractivity contribution >= 4 is 23.4 Å². The van der Waals surface area contributed by atoms with Crippen molar-refractivity contribution in [1.82, 2.24) is 4.90 Å². The molecule has 0 saturated carbocycles. The van der Waals surface area contributed by atoms with Crippen LogP contribution >= 0.6 is 11.8 Å². The molecule has 1 aliphatic rings. The van der Waals surface area contributed by atoms with Crippen LogP contribution in [0.3, 0.4) is 0 Å². The first-order valence-corrected chi connectivity index (χ1v) is 8.16. The zero-order valence-corrected chi connectivity index (χ0v) is 12.5. The van der Waals surface area contributed by atoms with Gasteiger partial charge >= 0.3 is 0 Å². The Balaban J connectivity index is 1.98. The van der Waals surface area contributed by atoms with Crippen molar-refractivity contribution in [3.63, 3.8) is 0 Å². The van der Waals surface area contributed by atoms with Crippen molar-refractivity contribution in [2.45, 2.75) is 6.42 Å². The lowest BCUT2D eigenvalue weighted by molar-refractivity contribution is -0.128. The molecule has 0 spiro atoms. The monoisotopic (exact) mass is 289 g/mol. The van der Waals surface area contributed by atoms with Gasteiger partial charge in [0.25, 0.3) is 0 Å². The Labute approximate surface area is 124 Å². The van der Waals surface area contributed by atoms with Gasteiger partial charge in [0.05, 0.1) is 17.4 Å². The molecule has 0 unspecified atom stereocenters. The number of amides is 1. The van der Waals surface area contributed by atoms with Crippen LogP contribution in [-0.4, -0.2) is 49.0 Å². The fourth-order valence-corrected chi connectivity index (χ4v) is 2.82. The molecule has 20 heavy (non-hydrogen) atoms. The summed E-state index contributed by atoms with van der Waals surface area (Å²) in [5.74, 6) is 0.802. The van der Waals surface area contributed by atoms with E-state index < -0.39 is 0 Å². The maximum absolute atomic E-state index is 11.9. The summed E-state index contributed by atoms with van der Waals surface area (Å²) in [5, 5.41) is 8.82. The molecule has 1 saturated heterocycles. The van der Waals surface area contributed by atoms with Gasteiger partial charge in [0.2, 0.25) is 5.91 Å². The third kappa shape index (κ3) is 3.67. The highest BCUT2D eigenvalue weighted by molar-refractivity contribution is 7.99. The predicted octanol–water partition coefficient (Wildman–Crippen LogP) is 1.96. The van der Waals surface area contributed by atoms with E-state index in [1.54, 1.807) is 11.8 Å². The number of hydrogen-bond acceptors (Lipinski definition) is 4. The number of nitriles is 1. The van der Waals surface area contributed by atoms with Crippen LogP contribution in [0.1, 0.15) is 12.0 Å². The maximum Gasteiger partial charge on any atom is 0.232 e. The number of carbonyl (C=O) groups excluding carboxylic acids is 1. The van der Waals surface area contributed by atoms with Gasteiger partial charge in [-0.15, -0.1) is 0 Å². The summed E-state index contributed by atoms with van der Waals surface area (Å²) in [6, 6.07) is 9.79. The topological polar surface area (TPSA) is 47.3 Å². The van der Waals surface area contributed by atoms with Gasteiger partial charge in [-0.05, 0) is 36.9 Å². The van der Waals surface area contributed by atoms with Gasteiger partial charge in [-0.1, -0.05) is 0 Å². The molecule has 106 valence electrons. The standard InChI is InChI=1S/C15H19N3OS/c1-20-12-15(19)18-8-2-7-17(9-10-18)14-5-3-13(11-16)4-6-14/h3-6H,2,7-10,12H2,1H3. The van der Waals surface area contributed by atoms with Crippen molar-refractivity contribution in [2.75, 3.05) is 43.1 Å². The summed E-state index contributed by atoms with van der Waals surface area (Å²) in [6.07, 6.45) is 2.94. The van der Waals surface area contributed by atoms with Gasteiger partial charge in [0.15, 0.2) is 0 Å². The molecule has 2 rings (SSSR count). The van der Waals surface area contributed by atoms with Crippen LogP contribution in [-0.2, 0) is 4.79 Å². The van der Waals surface area contributed by atoms with Gasteiger partial charge in [-0.3, -0.25) is 4.79 Å². The first-order valence-electron chi connectivity index (χ1n) is 6.76. The maximum atomic E-state index is 11.9. The minimum atomic E-state index is 0.235. The molecule has 1 amide bonds. The highest BCUT2D eigenvalue weighted by atomic mass is 32.2. The van der Waals surface area contributed by atoms with E-state index in [-0.39, 0.29) is 5.91 Å². The summed E-state index contributed by atoms with van der Waals surface area (Å²) < 4.78 is 0. The van der Waals surface area contributed by atoms with Crippen LogP contribution in [0.5, 0.6) is 0 Å². The third-order valence-corrected chi connectivity index (χ3v) is 4.01. The highest BCUT2D eigenvalue weighted by Crippen LogP contribution is 2.17. The summed E-state index contributed by atoms with van der Waals surface area (Å²) in [7, 11) is 0. The van der Waals surface area contributed by atoms with Crippen LogP contribution < -0.4 is 4.90 Å². The van der Waals surface area contributed by atoms with Gasteiger partial charge in [0, 0.05) is 31.9 Å². The van der Waals surface area contributed by atoms with Crippen LogP contribution in [0.4, 0.5) is 5.69 Å². The molecular formula is C15H19N3OS. The van der Waals surface area contributed by atoms with Crippen molar-refractivity contribution in [2.24, 2.45) is 0 Å². The predicted molar refractivity (Wildman–Crippen MR) is 82.9 cm³/mol.